The maximum absolute atomic E-state index is 13.2. The summed E-state index contributed by atoms with van der Waals surface area (Å²) in [6.07, 6.45) is 6.30. The molecule has 4 aromatic rings. The summed E-state index contributed by atoms with van der Waals surface area (Å²) >= 11 is 0. The standard InChI is InChI=1S/C35H42N2O7/c1-39-28-16-15-23(19-29(28)40-2)17-18-37(22-24-20-30(41-3)33(43-5)31(21-24)42-4)32-26-13-9-10-14-27(26)35(38)44-34(32)36-25-11-7-6-8-12-25/h9-10,13-16,19-21,25,36H,6-8,11-12,17-18,22H2,1-5H3. The van der Waals surface area contributed by atoms with Crippen molar-refractivity contribution in [3.63, 3.8) is 0 Å². The molecule has 1 fully saturated rings. The Morgan fingerprint density at radius 3 is 2.02 bits per heavy atom. The van der Waals surface area contributed by atoms with Crippen LogP contribution in [0.25, 0.3) is 10.8 Å². The first kappa shape index (κ1) is 30.9. The molecule has 1 aliphatic rings. The van der Waals surface area contributed by atoms with Gasteiger partial charge in [0.15, 0.2) is 23.0 Å². The monoisotopic (exact) mass is 602 g/mol. The van der Waals surface area contributed by atoms with Crippen LogP contribution in [-0.2, 0) is 13.0 Å². The number of ether oxygens (including phenoxy) is 5. The van der Waals surface area contributed by atoms with Gasteiger partial charge in [-0.05, 0) is 60.7 Å². The van der Waals surface area contributed by atoms with Crippen LogP contribution in [0.1, 0.15) is 43.2 Å². The summed E-state index contributed by atoms with van der Waals surface area (Å²) < 4.78 is 34.0. The lowest BCUT2D eigenvalue weighted by Gasteiger charge is -2.30. The third kappa shape index (κ3) is 6.67. The van der Waals surface area contributed by atoms with Crippen LogP contribution in [0.3, 0.4) is 0 Å². The van der Waals surface area contributed by atoms with Crippen molar-refractivity contribution in [1.29, 1.82) is 0 Å². The number of fused-ring (bicyclic) bond motifs is 1. The van der Waals surface area contributed by atoms with Crippen LogP contribution >= 0.6 is 0 Å². The fourth-order valence-corrected chi connectivity index (χ4v) is 6.05. The third-order valence-corrected chi connectivity index (χ3v) is 8.28. The van der Waals surface area contributed by atoms with E-state index in [2.05, 4.69) is 10.2 Å². The molecule has 0 saturated heterocycles. The van der Waals surface area contributed by atoms with Crippen LogP contribution in [0.5, 0.6) is 28.7 Å². The van der Waals surface area contributed by atoms with E-state index in [1.54, 1.807) is 35.5 Å². The molecular weight excluding hydrogens is 560 g/mol. The number of methoxy groups -OCH3 is 5. The van der Waals surface area contributed by atoms with Crippen molar-refractivity contribution >= 4 is 22.3 Å². The minimum Gasteiger partial charge on any atom is -0.493 e. The van der Waals surface area contributed by atoms with Gasteiger partial charge in [-0.2, -0.15) is 0 Å². The van der Waals surface area contributed by atoms with E-state index >= 15 is 0 Å². The van der Waals surface area contributed by atoms with Gasteiger partial charge in [0.25, 0.3) is 0 Å². The molecule has 0 spiro atoms. The van der Waals surface area contributed by atoms with E-state index in [0.717, 1.165) is 47.9 Å². The molecule has 3 aromatic carbocycles. The van der Waals surface area contributed by atoms with Crippen molar-refractivity contribution in [3.05, 3.63) is 76.1 Å². The number of benzene rings is 3. The van der Waals surface area contributed by atoms with Gasteiger partial charge in [-0.25, -0.2) is 4.79 Å². The van der Waals surface area contributed by atoms with Gasteiger partial charge >= 0.3 is 5.63 Å². The Morgan fingerprint density at radius 2 is 1.39 bits per heavy atom. The Bertz CT molecular complexity index is 1600. The Morgan fingerprint density at radius 1 is 0.750 bits per heavy atom. The van der Waals surface area contributed by atoms with E-state index < -0.39 is 0 Å². The molecule has 5 rings (SSSR count). The molecule has 0 aliphatic heterocycles. The van der Waals surface area contributed by atoms with E-state index in [1.807, 2.05) is 54.6 Å². The summed E-state index contributed by atoms with van der Waals surface area (Å²) in [6, 6.07) is 17.8. The number of anilines is 2. The van der Waals surface area contributed by atoms with Crippen molar-refractivity contribution in [1.82, 2.24) is 0 Å². The van der Waals surface area contributed by atoms with Crippen LogP contribution in [-0.4, -0.2) is 48.1 Å². The molecule has 0 atom stereocenters. The number of hydrogen-bond donors (Lipinski definition) is 1. The molecule has 0 unspecified atom stereocenters. The van der Waals surface area contributed by atoms with Crippen molar-refractivity contribution < 1.29 is 28.1 Å². The maximum Gasteiger partial charge on any atom is 0.345 e. The number of nitrogens with zero attached hydrogens (tertiary/aromatic N) is 1. The molecule has 1 aromatic heterocycles. The van der Waals surface area contributed by atoms with Gasteiger partial charge in [0.2, 0.25) is 11.6 Å². The Kier molecular flexibility index (Phi) is 10.0. The first-order valence-electron chi connectivity index (χ1n) is 15.1. The maximum atomic E-state index is 13.2. The van der Waals surface area contributed by atoms with E-state index in [9.17, 15) is 4.79 Å². The van der Waals surface area contributed by atoms with Crippen molar-refractivity contribution in [2.75, 3.05) is 52.3 Å². The fourth-order valence-electron chi connectivity index (χ4n) is 6.05. The second-order valence-electron chi connectivity index (χ2n) is 11.0. The van der Waals surface area contributed by atoms with Gasteiger partial charge in [-0.1, -0.05) is 43.5 Å². The minimum atomic E-state index is -0.352. The highest BCUT2D eigenvalue weighted by Gasteiger charge is 2.24. The molecule has 0 amide bonds. The van der Waals surface area contributed by atoms with Crippen LogP contribution in [0.4, 0.5) is 11.6 Å². The van der Waals surface area contributed by atoms with E-state index in [0.29, 0.717) is 59.5 Å². The average Bonchev–Trinajstić information content (AvgIpc) is 3.06. The zero-order chi connectivity index (χ0) is 31.1. The first-order chi connectivity index (χ1) is 21.5. The summed E-state index contributed by atoms with van der Waals surface area (Å²) in [5.74, 6) is 3.54. The van der Waals surface area contributed by atoms with Gasteiger partial charge in [0, 0.05) is 24.5 Å². The summed E-state index contributed by atoms with van der Waals surface area (Å²) in [5, 5.41) is 5.00. The second-order valence-corrected chi connectivity index (χ2v) is 11.0. The SMILES string of the molecule is COc1ccc(CCN(Cc2cc(OC)c(OC)c(OC)c2)c2c(NC3CCCCC3)oc(=O)c3ccccc23)cc1OC. The van der Waals surface area contributed by atoms with Crippen LogP contribution in [0, 0.1) is 0 Å². The fraction of sp³-hybridized carbons (Fsp3) is 0.400. The summed E-state index contributed by atoms with van der Waals surface area (Å²) in [5.41, 5.74) is 2.53. The van der Waals surface area contributed by atoms with Gasteiger partial charge in [-0.15, -0.1) is 0 Å². The topological polar surface area (TPSA) is 91.6 Å². The first-order valence-corrected chi connectivity index (χ1v) is 15.1. The normalized spacial score (nSPS) is 13.4. The highest BCUT2D eigenvalue weighted by atomic mass is 16.5. The Labute approximate surface area is 258 Å². The molecule has 0 bridgehead atoms. The van der Waals surface area contributed by atoms with Gasteiger partial charge in [-0.3, -0.25) is 0 Å². The van der Waals surface area contributed by atoms with Crippen LogP contribution in [0.2, 0.25) is 0 Å². The summed E-state index contributed by atoms with van der Waals surface area (Å²) in [6.45, 7) is 1.10. The van der Waals surface area contributed by atoms with Crippen molar-refractivity contribution in [3.8, 4) is 28.7 Å². The van der Waals surface area contributed by atoms with Crippen molar-refractivity contribution in [2.24, 2.45) is 0 Å². The smallest absolute Gasteiger partial charge is 0.345 e. The predicted octanol–water partition coefficient (Wildman–Crippen LogP) is 6.83. The average molecular weight is 603 g/mol. The molecule has 9 heteroatoms. The molecule has 0 radical (unpaired) electrons. The number of rotatable bonds is 13. The second kappa shape index (κ2) is 14.3. The molecule has 1 heterocycles. The van der Waals surface area contributed by atoms with Crippen LogP contribution < -0.4 is 39.5 Å². The Balaban J connectivity index is 1.62. The molecule has 1 N–H and O–H groups in total. The molecule has 1 aliphatic carbocycles. The highest BCUT2D eigenvalue weighted by molar-refractivity contribution is 5.98. The lowest BCUT2D eigenvalue weighted by Crippen LogP contribution is -2.29. The van der Waals surface area contributed by atoms with Crippen LogP contribution in [0.15, 0.2) is 63.8 Å². The van der Waals surface area contributed by atoms with E-state index in [4.69, 9.17) is 28.1 Å². The predicted molar refractivity (Wildman–Crippen MR) is 173 cm³/mol. The van der Waals surface area contributed by atoms with E-state index in [-0.39, 0.29) is 11.7 Å². The third-order valence-electron chi connectivity index (χ3n) is 8.28. The Hall–Kier alpha value is -4.53. The zero-order valence-electron chi connectivity index (χ0n) is 26.2. The van der Waals surface area contributed by atoms with Gasteiger partial charge < -0.3 is 38.3 Å². The summed E-state index contributed by atoms with van der Waals surface area (Å²) in [4.78, 5) is 15.5. The van der Waals surface area contributed by atoms with Gasteiger partial charge in [0.1, 0.15) is 5.69 Å². The lowest BCUT2D eigenvalue weighted by atomic mass is 9.95. The largest absolute Gasteiger partial charge is 0.493 e. The van der Waals surface area contributed by atoms with Crippen molar-refractivity contribution in [2.45, 2.75) is 51.1 Å². The molecular formula is C35H42N2O7. The summed E-state index contributed by atoms with van der Waals surface area (Å²) in [7, 11) is 8.09. The number of nitrogens with one attached hydrogen (secondary N) is 1. The van der Waals surface area contributed by atoms with E-state index in [1.165, 1.54) is 6.42 Å². The molecule has 234 valence electrons. The van der Waals surface area contributed by atoms with Gasteiger partial charge in [0.05, 0.1) is 40.9 Å². The molecule has 1 saturated carbocycles. The molecule has 9 nitrogen and oxygen atoms in total. The lowest BCUT2D eigenvalue weighted by molar-refractivity contribution is 0.323. The molecule has 44 heavy (non-hydrogen) atoms. The zero-order valence-corrected chi connectivity index (χ0v) is 26.2. The number of hydrogen-bond acceptors (Lipinski definition) is 9. The quantitative estimate of drug-likeness (QED) is 0.177. The highest BCUT2D eigenvalue weighted by Crippen LogP contribution is 2.41. The minimum absolute atomic E-state index is 0.237.